The normalized spacial score (nSPS) is 12.2. The Morgan fingerprint density at radius 3 is 2.89 bits per heavy atom. The highest BCUT2D eigenvalue weighted by Gasteiger charge is 2.09. The molecular formula is C12H15Cl2NO2S. The number of hydrogen-bond acceptors (Lipinski definition) is 3. The Kier molecular flexibility index (Phi) is 6.86. The van der Waals surface area contributed by atoms with Crippen LogP contribution in [0.4, 0.5) is 0 Å². The summed E-state index contributed by atoms with van der Waals surface area (Å²) < 4.78 is 0. The third kappa shape index (κ3) is 5.48. The van der Waals surface area contributed by atoms with E-state index in [9.17, 15) is 4.79 Å². The second-order valence-electron chi connectivity index (χ2n) is 3.84. The number of amides is 1. The summed E-state index contributed by atoms with van der Waals surface area (Å²) in [4.78, 5) is 12.4. The van der Waals surface area contributed by atoms with Gasteiger partial charge < -0.3 is 10.4 Å². The van der Waals surface area contributed by atoms with Crippen molar-refractivity contribution in [1.29, 1.82) is 0 Å². The topological polar surface area (TPSA) is 49.3 Å². The van der Waals surface area contributed by atoms with Crippen LogP contribution in [0.5, 0.6) is 0 Å². The summed E-state index contributed by atoms with van der Waals surface area (Å²) in [5, 5.41) is 12.7. The lowest BCUT2D eigenvalue weighted by atomic mass is 10.2. The highest BCUT2D eigenvalue weighted by atomic mass is 35.5. The monoisotopic (exact) mass is 307 g/mol. The number of rotatable bonds is 6. The second-order valence-corrected chi connectivity index (χ2v) is 5.71. The van der Waals surface area contributed by atoms with Crippen molar-refractivity contribution < 1.29 is 9.90 Å². The third-order valence-electron chi connectivity index (χ3n) is 2.22. The fourth-order valence-electron chi connectivity index (χ4n) is 1.31. The minimum Gasteiger partial charge on any atom is -0.396 e. The van der Waals surface area contributed by atoms with Crippen molar-refractivity contribution in [2.24, 2.45) is 0 Å². The fraction of sp³-hybridized carbons (Fsp3) is 0.417. The predicted molar refractivity (Wildman–Crippen MR) is 76.5 cm³/mol. The van der Waals surface area contributed by atoms with Gasteiger partial charge in [-0.15, -0.1) is 11.8 Å². The number of halogens is 2. The fourth-order valence-corrected chi connectivity index (χ4v) is 2.62. The van der Waals surface area contributed by atoms with Crippen molar-refractivity contribution >= 4 is 40.9 Å². The van der Waals surface area contributed by atoms with Gasteiger partial charge in [-0.05, 0) is 31.5 Å². The van der Waals surface area contributed by atoms with Crippen molar-refractivity contribution in [3.8, 4) is 0 Å². The van der Waals surface area contributed by atoms with Crippen LogP contribution in [-0.2, 0) is 4.79 Å². The zero-order valence-corrected chi connectivity index (χ0v) is 12.3. The molecular weight excluding hydrogens is 293 g/mol. The van der Waals surface area contributed by atoms with Gasteiger partial charge >= 0.3 is 0 Å². The van der Waals surface area contributed by atoms with Gasteiger partial charge in [-0.1, -0.05) is 23.2 Å². The van der Waals surface area contributed by atoms with Crippen LogP contribution in [-0.4, -0.2) is 29.4 Å². The average molecular weight is 308 g/mol. The molecule has 0 aliphatic rings. The molecule has 1 aromatic carbocycles. The zero-order valence-electron chi connectivity index (χ0n) is 9.95. The van der Waals surface area contributed by atoms with Crippen LogP contribution >= 0.6 is 35.0 Å². The minimum absolute atomic E-state index is 0.0297. The zero-order chi connectivity index (χ0) is 13.5. The number of carbonyl (C=O) groups excluding carboxylic acids is 1. The molecule has 0 heterocycles. The number of thioether (sulfide) groups is 1. The Bertz CT molecular complexity index is 415. The van der Waals surface area contributed by atoms with Gasteiger partial charge in [0, 0.05) is 22.6 Å². The molecule has 0 spiro atoms. The number of nitrogens with one attached hydrogen (secondary N) is 1. The molecule has 0 radical (unpaired) electrons. The van der Waals surface area contributed by atoms with Crippen LogP contribution in [0.3, 0.4) is 0 Å². The van der Waals surface area contributed by atoms with Crippen LogP contribution in [0.15, 0.2) is 23.1 Å². The van der Waals surface area contributed by atoms with Crippen LogP contribution in [0.1, 0.15) is 13.3 Å². The first kappa shape index (κ1) is 15.6. The first-order valence-corrected chi connectivity index (χ1v) is 7.25. The number of benzene rings is 1. The Hall–Kier alpha value is -0.420. The smallest absolute Gasteiger partial charge is 0.230 e. The molecule has 18 heavy (non-hydrogen) atoms. The summed E-state index contributed by atoms with van der Waals surface area (Å²) in [5.74, 6) is 0.188. The van der Waals surface area contributed by atoms with E-state index in [1.165, 1.54) is 11.8 Å². The van der Waals surface area contributed by atoms with E-state index in [2.05, 4.69) is 5.32 Å². The van der Waals surface area contributed by atoms with Gasteiger partial charge in [-0.3, -0.25) is 4.79 Å². The molecule has 1 rings (SSSR count). The van der Waals surface area contributed by atoms with Crippen LogP contribution in [0.25, 0.3) is 0 Å². The number of aliphatic hydroxyl groups is 1. The van der Waals surface area contributed by atoms with Gasteiger partial charge in [0.1, 0.15) is 0 Å². The van der Waals surface area contributed by atoms with Gasteiger partial charge in [0.15, 0.2) is 0 Å². The van der Waals surface area contributed by atoms with Crippen molar-refractivity contribution in [3.63, 3.8) is 0 Å². The summed E-state index contributed by atoms with van der Waals surface area (Å²) in [6.07, 6.45) is 0.550. The first-order valence-electron chi connectivity index (χ1n) is 5.51. The van der Waals surface area contributed by atoms with E-state index in [1.54, 1.807) is 18.2 Å². The van der Waals surface area contributed by atoms with E-state index in [-0.39, 0.29) is 24.3 Å². The molecule has 0 fully saturated rings. The van der Waals surface area contributed by atoms with E-state index >= 15 is 0 Å². The number of carbonyl (C=O) groups is 1. The van der Waals surface area contributed by atoms with E-state index < -0.39 is 0 Å². The van der Waals surface area contributed by atoms with Crippen molar-refractivity contribution in [2.45, 2.75) is 24.3 Å². The predicted octanol–water partition coefficient (Wildman–Crippen LogP) is 2.97. The highest BCUT2D eigenvalue weighted by molar-refractivity contribution is 8.00. The van der Waals surface area contributed by atoms with E-state index in [4.69, 9.17) is 28.3 Å². The van der Waals surface area contributed by atoms with Gasteiger partial charge in [0.2, 0.25) is 5.91 Å². The quantitative estimate of drug-likeness (QED) is 0.794. The molecule has 1 aromatic rings. The molecule has 0 saturated heterocycles. The highest BCUT2D eigenvalue weighted by Crippen LogP contribution is 2.29. The van der Waals surface area contributed by atoms with Crippen molar-refractivity contribution in [3.05, 3.63) is 28.2 Å². The van der Waals surface area contributed by atoms with E-state index in [0.717, 1.165) is 4.90 Å². The summed E-state index contributed by atoms with van der Waals surface area (Å²) in [6, 6.07) is 5.12. The minimum atomic E-state index is -0.0861. The average Bonchev–Trinajstić information content (AvgIpc) is 2.30. The van der Waals surface area contributed by atoms with E-state index in [0.29, 0.717) is 16.5 Å². The second kappa shape index (κ2) is 7.89. The Morgan fingerprint density at radius 2 is 2.22 bits per heavy atom. The molecule has 0 aliphatic carbocycles. The largest absolute Gasteiger partial charge is 0.396 e. The number of aliphatic hydroxyl groups excluding tert-OH is 1. The maximum Gasteiger partial charge on any atom is 0.230 e. The maximum atomic E-state index is 11.6. The van der Waals surface area contributed by atoms with Gasteiger partial charge in [-0.25, -0.2) is 0 Å². The lowest BCUT2D eigenvalue weighted by molar-refractivity contribution is -0.119. The lowest BCUT2D eigenvalue weighted by Crippen LogP contribution is -2.34. The molecule has 0 bridgehead atoms. The van der Waals surface area contributed by atoms with Crippen LogP contribution in [0.2, 0.25) is 10.0 Å². The Morgan fingerprint density at radius 1 is 1.50 bits per heavy atom. The Balaban J connectivity index is 2.45. The molecule has 1 unspecified atom stereocenters. The summed E-state index contributed by atoms with van der Waals surface area (Å²) in [5.41, 5.74) is 0. The van der Waals surface area contributed by atoms with Crippen LogP contribution in [0, 0.1) is 0 Å². The van der Waals surface area contributed by atoms with Crippen molar-refractivity contribution in [2.75, 3.05) is 12.4 Å². The molecule has 0 aromatic heterocycles. The summed E-state index contributed by atoms with van der Waals surface area (Å²) in [6.45, 7) is 1.92. The van der Waals surface area contributed by atoms with Gasteiger partial charge in [0.05, 0.1) is 10.8 Å². The molecule has 2 N–H and O–H groups in total. The van der Waals surface area contributed by atoms with Gasteiger partial charge in [0.25, 0.3) is 0 Å². The van der Waals surface area contributed by atoms with Crippen molar-refractivity contribution in [1.82, 2.24) is 5.32 Å². The van der Waals surface area contributed by atoms with E-state index in [1.807, 2.05) is 6.92 Å². The molecule has 1 atom stereocenters. The molecule has 0 aliphatic heterocycles. The summed E-state index contributed by atoms with van der Waals surface area (Å²) in [7, 11) is 0. The summed E-state index contributed by atoms with van der Waals surface area (Å²) >= 11 is 13.2. The lowest BCUT2D eigenvalue weighted by Gasteiger charge is -2.12. The third-order valence-corrected chi connectivity index (χ3v) is 3.95. The molecule has 3 nitrogen and oxygen atoms in total. The molecule has 100 valence electrons. The maximum absolute atomic E-state index is 11.6. The van der Waals surface area contributed by atoms with Crippen LogP contribution < -0.4 is 5.32 Å². The Labute approximate surface area is 121 Å². The SMILES string of the molecule is CC(CCO)NC(=O)CSc1cc(Cl)ccc1Cl. The first-order chi connectivity index (χ1) is 8.52. The molecule has 0 saturated carbocycles. The number of hydrogen-bond donors (Lipinski definition) is 2. The molecule has 1 amide bonds. The standard InChI is InChI=1S/C12H15Cl2NO2S/c1-8(4-5-16)15-12(17)7-18-11-6-9(13)2-3-10(11)14/h2-3,6,8,16H,4-5,7H2,1H3,(H,15,17). The van der Waals surface area contributed by atoms with Gasteiger partial charge in [-0.2, -0.15) is 0 Å². The molecule has 6 heteroatoms.